The normalized spacial score (nSPS) is 26.7. The van der Waals surface area contributed by atoms with Crippen LogP contribution in [0.2, 0.25) is 0 Å². The molecule has 1 aliphatic carbocycles. The molecule has 2 saturated heterocycles. The molecule has 3 aliphatic rings. The lowest BCUT2D eigenvalue weighted by Crippen LogP contribution is -2.68. The van der Waals surface area contributed by atoms with E-state index >= 15 is 0 Å². The van der Waals surface area contributed by atoms with Gasteiger partial charge in [-0.3, -0.25) is 14.7 Å². The number of carbonyl (C=O) groups is 1. The Bertz CT molecular complexity index is 555. The van der Waals surface area contributed by atoms with Crippen molar-refractivity contribution in [3.63, 3.8) is 0 Å². The van der Waals surface area contributed by atoms with Crippen molar-refractivity contribution >= 4 is 5.91 Å². The predicted molar refractivity (Wildman–Crippen MR) is 85.0 cm³/mol. The molecule has 0 aromatic carbocycles. The highest BCUT2D eigenvalue weighted by atomic mass is 16.5. The fourth-order valence-electron chi connectivity index (χ4n) is 4.06. The Morgan fingerprint density at radius 2 is 2.22 bits per heavy atom. The molecular formula is C17H24N4O2. The predicted octanol–water partition coefficient (Wildman–Crippen LogP) is 1.24. The molecule has 1 N–H and O–H groups in total. The first kappa shape index (κ1) is 15.0. The smallest absolute Gasteiger partial charge is 0.271 e. The first-order valence-electron chi connectivity index (χ1n) is 8.69. The molecule has 1 unspecified atom stereocenters. The number of nitrogens with one attached hydrogen (secondary N) is 1. The second kappa shape index (κ2) is 6.17. The van der Waals surface area contributed by atoms with E-state index in [9.17, 15) is 4.79 Å². The molecule has 3 fully saturated rings. The largest absolute Gasteiger partial charge is 0.372 e. The molecule has 4 rings (SSSR count). The summed E-state index contributed by atoms with van der Waals surface area (Å²) in [6, 6.07) is 0.807. The van der Waals surface area contributed by atoms with E-state index in [0.717, 1.165) is 38.6 Å². The molecule has 124 valence electrons. The van der Waals surface area contributed by atoms with Crippen molar-refractivity contribution < 1.29 is 9.53 Å². The second-order valence-electron chi connectivity index (χ2n) is 7.02. The van der Waals surface area contributed by atoms with Gasteiger partial charge in [-0.25, -0.2) is 4.98 Å². The van der Waals surface area contributed by atoms with Gasteiger partial charge in [-0.05, 0) is 31.6 Å². The van der Waals surface area contributed by atoms with E-state index in [1.807, 2.05) is 0 Å². The number of rotatable bonds is 5. The summed E-state index contributed by atoms with van der Waals surface area (Å²) < 4.78 is 6.10. The Hall–Kier alpha value is -1.53. The molecule has 1 atom stereocenters. The highest BCUT2D eigenvalue weighted by molar-refractivity contribution is 5.91. The van der Waals surface area contributed by atoms with Gasteiger partial charge >= 0.3 is 0 Å². The molecule has 1 spiro atoms. The van der Waals surface area contributed by atoms with Gasteiger partial charge in [0.2, 0.25) is 0 Å². The fraction of sp³-hybridized carbons (Fsp3) is 0.706. The van der Waals surface area contributed by atoms with Crippen molar-refractivity contribution in [2.75, 3.05) is 26.2 Å². The summed E-state index contributed by atoms with van der Waals surface area (Å²) in [6.07, 6.45) is 10.8. The van der Waals surface area contributed by atoms with Crippen LogP contribution >= 0.6 is 0 Å². The van der Waals surface area contributed by atoms with Crippen LogP contribution in [-0.2, 0) is 4.74 Å². The van der Waals surface area contributed by atoms with E-state index in [1.165, 1.54) is 31.7 Å². The van der Waals surface area contributed by atoms with Crippen LogP contribution in [0.25, 0.3) is 0 Å². The van der Waals surface area contributed by atoms with Gasteiger partial charge in [0.1, 0.15) is 5.69 Å². The molecule has 2 aliphatic heterocycles. The third-order valence-electron chi connectivity index (χ3n) is 5.71. The van der Waals surface area contributed by atoms with Crippen molar-refractivity contribution in [3.8, 4) is 0 Å². The van der Waals surface area contributed by atoms with Crippen LogP contribution in [0.5, 0.6) is 0 Å². The van der Waals surface area contributed by atoms with Crippen LogP contribution in [-0.4, -0.2) is 58.7 Å². The van der Waals surface area contributed by atoms with Crippen LogP contribution in [0.15, 0.2) is 18.6 Å². The van der Waals surface area contributed by atoms with Crippen LogP contribution < -0.4 is 5.32 Å². The molecular weight excluding hydrogens is 292 g/mol. The Labute approximate surface area is 136 Å². The minimum atomic E-state index is -0.143. The van der Waals surface area contributed by atoms with Crippen LogP contribution in [0, 0.1) is 5.92 Å². The summed E-state index contributed by atoms with van der Waals surface area (Å²) in [6.45, 7) is 3.71. The number of nitrogens with zero attached hydrogens (tertiary/aromatic N) is 3. The fourth-order valence-corrected chi connectivity index (χ4v) is 4.06. The summed E-state index contributed by atoms with van der Waals surface area (Å²) in [5, 5.41) is 2.96. The van der Waals surface area contributed by atoms with Gasteiger partial charge in [-0.15, -0.1) is 0 Å². The van der Waals surface area contributed by atoms with Gasteiger partial charge in [-0.1, -0.05) is 6.42 Å². The number of hydrogen-bond acceptors (Lipinski definition) is 5. The second-order valence-corrected chi connectivity index (χ2v) is 7.02. The minimum absolute atomic E-state index is 0.0624. The molecule has 6 heteroatoms. The van der Waals surface area contributed by atoms with Gasteiger partial charge in [0.05, 0.1) is 11.8 Å². The maximum atomic E-state index is 12.0. The van der Waals surface area contributed by atoms with Crippen LogP contribution in [0.1, 0.15) is 42.6 Å². The summed E-state index contributed by atoms with van der Waals surface area (Å²) in [7, 11) is 0. The van der Waals surface area contributed by atoms with E-state index in [-0.39, 0.29) is 11.5 Å². The lowest BCUT2D eigenvalue weighted by Gasteiger charge is -2.55. The third-order valence-corrected chi connectivity index (χ3v) is 5.71. The molecule has 23 heavy (non-hydrogen) atoms. The summed E-state index contributed by atoms with van der Waals surface area (Å²) in [5.41, 5.74) is 0.442. The number of aromatic nitrogens is 2. The van der Waals surface area contributed by atoms with Crippen molar-refractivity contribution in [3.05, 3.63) is 24.3 Å². The molecule has 0 bridgehead atoms. The van der Waals surface area contributed by atoms with Gasteiger partial charge in [0, 0.05) is 44.7 Å². The summed E-state index contributed by atoms with van der Waals surface area (Å²) in [4.78, 5) is 22.5. The number of carbonyl (C=O) groups excluding carboxylic acids is 1. The SMILES string of the molecule is O=C(NCCC1CCOC12CN(C1CCC1)C2)c1cnccn1. The molecule has 1 aromatic rings. The van der Waals surface area contributed by atoms with Crippen molar-refractivity contribution in [2.24, 2.45) is 5.92 Å². The van der Waals surface area contributed by atoms with Crippen molar-refractivity contribution in [1.29, 1.82) is 0 Å². The Morgan fingerprint density at radius 3 is 2.91 bits per heavy atom. The van der Waals surface area contributed by atoms with Crippen molar-refractivity contribution in [1.82, 2.24) is 20.2 Å². The zero-order chi connectivity index (χ0) is 15.7. The van der Waals surface area contributed by atoms with Gasteiger partial charge in [0.15, 0.2) is 0 Å². The average molecular weight is 316 g/mol. The lowest BCUT2D eigenvalue weighted by molar-refractivity contribution is -0.156. The first-order valence-corrected chi connectivity index (χ1v) is 8.69. The Kier molecular flexibility index (Phi) is 4.03. The third kappa shape index (κ3) is 2.85. The Morgan fingerprint density at radius 1 is 1.35 bits per heavy atom. The van der Waals surface area contributed by atoms with Crippen LogP contribution in [0.3, 0.4) is 0 Å². The van der Waals surface area contributed by atoms with E-state index in [1.54, 1.807) is 6.20 Å². The zero-order valence-corrected chi connectivity index (χ0v) is 13.4. The van der Waals surface area contributed by atoms with Gasteiger partial charge in [0.25, 0.3) is 5.91 Å². The molecule has 3 heterocycles. The topological polar surface area (TPSA) is 67.3 Å². The standard InChI is InChI=1S/C17H24N4O2/c22-16(15-10-18-7-8-19-15)20-6-4-13-5-9-23-17(13)11-21(12-17)14-2-1-3-14/h7-8,10,13-14H,1-6,9,11-12H2,(H,20,22). The molecule has 1 aromatic heterocycles. The highest BCUT2D eigenvalue weighted by Gasteiger charge is 2.54. The maximum absolute atomic E-state index is 12.0. The van der Waals surface area contributed by atoms with E-state index in [4.69, 9.17) is 4.74 Å². The number of ether oxygens (including phenoxy) is 1. The van der Waals surface area contributed by atoms with E-state index in [0.29, 0.717) is 18.2 Å². The summed E-state index contributed by atoms with van der Waals surface area (Å²) in [5.74, 6) is 0.414. The van der Waals surface area contributed by atoms with E-state index < -0.39 is 0 Å². The zero-order valence-electron chi connectivity index (χ0n) is 13.4. The number of hydrogen-bond donors (Lipinski definition) is 1. The maximum Gasteiger partial charge on any atom is 0.271 e. The monoisotopic (exact) mass is 316 g/mol. The minimum Gasteiger partial charge on any atom is -0.372 e. The van der Waals surface area contributed by atoms with Crippen LogP contribution in [0.4, 0.5) is 0 Å². The average Bonchev–Trinajstić information content (AvgIpc) is 2.90. The lowest BCUT2D eigenvalue weighted by atomic mass is 9.76. The molecule has 0 radical (unpaired) electrons. The Balaban J connectivity index is 1.25. The first-order chi connectivity index (χ1) is 11.3. The van der Waals surface area contributed by atoms with Gasteiger partial charge in [-0.2, -0.15) is 0 Å². The highest BCUT2D eigenvalue weighted by Crippen LogP contribution is 2.44. The summed E-state index contributed by atoms with van der Waals surface area (Å²) >= 11 is 0. The quantitative estimate of drug-likeness (QED) is 0.885. The van der Waals surface area contributed by atoms with Crippen molar-refractivity contribution in [2.45, 2.75) is 43.7 Å². The molecule has 1 amide bonds. The van der Waals surface area contributed by atoms with Gasteiger partial charge < -0.3 is 10.1 Å². The molecule has 1 saturated carbocycles. The number of likely N-dealkylation sites (tertiary alicyclic amines) is 1. The number of amides is 1. The van der Waals surface area contributed by atoms with E-state index in [2.05, 4.69) is 20.2 Å². The molecule has 6 nitrogen and oxygen atoms in total.